The molecule has 1 nitrogen and oxygen atoms in total. The number of rotatable bonds is 5. The van der Waals surface area contributed by atoms with Crippen LogP contribution in [0.2, 0.25) is 0 Å². The molecule has 3 rings (SSSR count). The summed E-state index contributed by atoms with van der Waals surface area (Å²) in [5.41, 5.74) is 0. The van der Waals surface area contributed by atoms with Gasteiger partial charge in [0, 0.05) is 0 Å². The van der Waals surface area contributed by atoms with E-state index in [1.54, 1.807) is 0 Å². The molecule has 0 bridgehead atoms. The third-order valence-corrected chi connectivity index (χ3v) is 16.0. The van der Waals surface area contributed by atoms with Crippen molar-refractivity contribution >= 4 is 42.2 Å². The molecule has 3 heteroatoms. The van der Waals surface area contributed by atoms with E-state index in [4.69, 9.17) is 0 Å². The first-order chi connectivity index (χ1) is 11.6. The number of hydrogen-bond donors (Lipinski definition) is 1. The predicted molar refractivity (Wildman–Crippen MR) is 116 cm³/mol. The van der Waals surface area contributed by atoms with Gasteiger partial charge in [-0.2, -0.15) is 0 Å². The van der Waals surface area contributed by atoms with Crippen LogP contribution in [0.4, 0.5) is 0 Å². The van der Waals surface area contributed by atoms with Gasteiger partial charge in [-0.25, -0.2) is 0 Å². The molecular weight excluding hydrogens is 426 g/mol. The Labute approximate surface area is 157 Å². The molecule has 0 heterocycles. The van der Waals surface area contributed by atoms with Gasteiger partial charge in [0.05, 0.1) is 0 Å². The number of benzene rings is 3. The van der Waals surface area contributed by atoms with Crippen LogP contribution >= 0.6 is 26.3 Å². The summed E-state index contributed by atoms with van der Waals surface area (Å²) in [6, 6.07) is 32.1. The summed E-state index contributed by atoms with van der Waals surface area (Å²) in [5, 5.41) is 14.4. The summed E-state index contributed by atoms with van der Waals surface area (Å²) >= 11 is 2.69. The van der Waals surface area contributed by atoms with Gasteiger partial charge in [-0.1, -0.05) is 0 Å². The maximum absolute atomic E-state index is 10.5. The van der Waals surface area contributed by atoms with Gasteiger partial charge in [-0.15, -0.1) is 0 Å². The molecule has 0 aromatic heterocycles. The van der Waals surface area contributed by atoms with Crippen molar-refractivity contribution in [3.05, 3.63) is 91.0 Å². The average Bonchev–Trinajstić information content (AvgIpc) is 2.63. The Balaban J connectivity index is 2.42. The molecule has 3 aromatic carbocycles. The first kappa shape index (κ1) is 17.6. The Morgan fingerprint density at radius 2 is 1.00 bits per heavy atom. The minimum absolute atomic E-state index is 0.389. The molecule has 0 aliphatic rings. The minimum atomic E-state index is -2.78. The normalized spacial score (nSPS) is 14.5. The van der Waals surface area contributed by atoms with Crippen LogP contribution < -0.4 is 15.9 Å². The molecule has 0 spiro atoms. The van der Waals surface area contributed by atoms with Crippen molar-refractivity contribution in [2.45, 2.75) is 13.0 Å². The molecular formula is C21H22IOP. The molecule has 0 fully saturated rings. The predicted octanol–water partition coefficient (Wildman–Crippen LogP) is 4.25. The van der Waals surface area contributed by atoms with Crippen molar-refractivity contribution < 1.29 is 5.11 Å². The van der Waals surface area contributed by atoms with E-state index in [1.807, 2.05) is 6.92 Å². The van der Waals surface area contributed by atoms with Gasteiger partial charge in [0.2, 0.25) is 0 Å². The van der Waals surface area contributed by atoms with Crippen LogP contribution in [0.25, 0.3) is 0 Å². The van der Waals surface area contributed by atoms with Gasteiger partial charge in [0.15, 0.2) is 0 Å². The molecule has 0 radical (unpaired) electrons. The fourth-order valence-corrected chi connectivity index (χ4v) is 13.0. The standard InChI is InChI=1S/C21H22IOP/c1-18(23)17-24(22,19-11-5-2-6-12-19,20-13-7-3-8-14-20)21-15-9-4-10-16-21/h2-16,18,23H,17H2,1H3/t18-/m1/s1. The Kier molecular flexibility index (Phi) is 5.10. The second kappa shape index (κ2) is 6.95. The first-order valence-electron chi connectivity index (χ1n) is 8.13. The second-order valence-electron chi connectivity index (χ2n) is 6.22. The number of hydrogen-bond acceptors (Lipinski definition) is 1. The van der Waals surface area contributed by atoms with E-state index in [1.165, 1.54) is 15.9 Å². The zero-order valence-electron chi connectivity index (χ0n) is 13.7. The van der Waals surface area contributed by atoms with E-state index in [0.717, 1.165) is 6.16 Å². The molecule has 1 N–H and O–H groups in total. The van der Waals surface area contributed by atoms with Crippen LogP contribution in [0.3, 0.4) is 0 Å². The van der Waals surface area contributed by atoms with Crippen LogP contribution in [0.5, 0.6) is 0 Å². The molecule has 124 valence electrons. The Morgan fingerprint density at radius 3 is 1.25 bits per heavy atom. The van der Waals surface area contributed by atoms with Crippen molar-refractivity contribution in [3.8, 4) is 0 Å². The second-order valence-corrected chi connectivity index (χ2v) is 16.9. The quantitative estimate of drug-likeness (QED) is 0.457. The Morgan fingerprint density at radius 1 is 0.708 bits per heavy atom. The molecule has 3 aromatic rings. The molecule has 1 atom stereocenters. The molecule has 0 aliphatic carbocycles. The molecule has 0 saturated carbocycles. The molecule has 0 aliphatic heterocycles. The fraction of sp³-hybridized carbons (Fsp3) is 0.143. The van der Waals surface area contributed by atoms with E-state index in [0.29, 0.717) is 0 Å². The maximum atomic E-state index is 10.5. The van der Waals surface area contributed by atoms with Gasteiger partial charge in [-0.3, -0.25) is 0 Å². The van der Waals surface area contributed by atoms with Crippen molar-refractivity contribution in [2.24, 2.45) is 0 Å². The van der Waals surface area contributed by atoms with Crippen LogP contribution in [0.15, 0.2) is 91.0 Å². The van der Waals surface area contributed by atoms with E-state index in [2.05, 4.69) is 113 Å². The van der Waals surface area contributed by atoms with Gasteiger partial charge < -0.3 is 0 Å². The summed E-state index contributed by atoms with van der Waals surface area (Å²) in [6.45, 7) is 1.90. The van der Waals surface area contributed by atoms with E-state index in [9.17, 15) is 5.11 Å². The SMILES string of the molecule is C[C@@H](O)CP(I)(c1ccccc1)(c1ccccc1)c1ccccc1. The van der Waals surface area contributed by atoms with Crippen molar-refractivity contribution in [1.82, 2.24) is 0 Å². The molecule has 0 unspecified atom stereocenters. The van der Waals surface area contributed by atoms with Crippen LogP contribution in [0.1, 0.15) is 6.92 Å². The summed E-state index contributed by atoms with van der Waals surface area (Å²) in [4.78, 5) is 0. The number of halogens is 1. The summed E-state index contributed by atoms with van der Waals surface area (Å²) < 4.78 is -2.78. The van der Waals surface area contributed by atoms with Gasteiger partial charge in [0.1, 0.15) is 0 Å². The van der Waals surface area contributed by atoms with Crippen molar-refractivity contribution in [2.75, 3.05) is 6.16 Å². The number of aliphatic hydroxyl groups excluding tert-OH is 1. The fourth-order valence-electron chi connectivity index (χ4n) is 3.48. The summed E-state index contributed by atoms with van der Waals surface area (Å²) in [6.07, 6.45) is 0.338. The zero-order chi connectivity index (χ0) is 17.1. The van der Waals surface area contributed by atoms with E-state index in [-0.39, 0.29) is 6.10 Å². The summed E-state index contributed by atoms with van der Waals surface area (Å²) in [7, 11) is 0. The summed E-state index contributed by atoms with van der Waals surface area (Å²) in [5.74, 6) is 0. The van der Waals surface area contributed by atoms with Crippen molar-refractivity contribution in [1.29, 1.82) is 0 Å². The van der Waals surface area contributed by atoms with Crippen LogP contribution in [-0.2, 0) is 0 Å². The van der Waals surface area contributed by atoms with E-state index >= 15 is 0 Å². The van der Waals surface area contributed by atoms with Crippen LogP contribution in [0, 0.1) is 0 Å². The van der Waals surface area contributed by atoms with Gasteiger partial charge >= 0.3 is 157 Å². The monoisotopic (exact) mass is 448 g/mol. The Hall–Kier alpha value is -1.22. The van der Waals surface area contributed by atoms with Crippen LogP contribution in [-0.4, -0.2) is 17.4 Å². The molecule has 0 amide bonds. The van der Waals surface area contributed by atoms with Gasteiger partial charge in [0.25, 0.3) is 0 Å². The van der Waals surface area contributed by atoms with Crippen molar-refractivity contribution in [3.63, 3.8) is 0 Å². The molecule has 0 saturated heterocycles. The topological polar surface area (TPSA) is 20.2 Å². The number of aliphatic hydroxyl groups is 1. The van der Waals surface area contributed by atoms with E-state index < -0.39 is 4.25 Å². The van der Waals surface area contributed by atoms with Gasteiger partial charge in [-0.05, 0) is 0 Å². The first-order valence-corrected chi connectivity index (χ1v) is 13.3. The molecule has 24 heavy (non-hydrogen) atoms. The third kappa shape index (κ3) is 2.92. The Bertz CT molecular complexity index is 688. The average molecular weight is 448 g/mol. The third-order valence-electron chi connectivity index (χ3n) is 4.49. The zero-order valence-corrected chi connectivity index (χ0v) is 16.8.